The summed E-state index contributed by atoms with van der Waals surface area (Å²) in [4.78, 5) is 4.26. The molecule has 11 heavy (non-hydrogen) atoms. The molecular formula is C7H6BrN3. The van der Waals surface area contributed by atoms with Crippen LogP contribution in [0.3, 0.4) is 0 Å². The van der Waals surface area contributed by atoms with Crippen LogP contribution in [0.2, 0.25) is 0 Å². The third-order valence-corrected chi connectivity index (χ3v) is 1.99. The minimum Gasteiger partial charge on any atom is -0.276 e. The van der Waals surface area contributed by atoms with Crippen molar-refractivity contribution in [2.45, 2.75) is 6.92 Å². The number of nitrogens with one attached hydrogen (secondary N) is 1. The van der Waals surface area contributed by atoms with E-state index in [0.717, 1.165) is 21.3 Å². The number of aromatic amines is 1. The molecule has 1 N–H and O–H groups in total. The SMILES string of the molecule is Cc1n[nH]c2ccc(Br)nc12. The van der Waals surface area contributed by atoms with E-state index in [-0.39, 0.29) is 0 Å². The molecule has 0 saturated carbocycles. The number of hydrogen-bond donors (Lipinski definition) is 1. The van der Waals surface area contributed by atoms with Gasteiger partial charge < -0.3 is 0 Å². The predicted octanol–water partition coefficient (Wildman–Crippen LogP) is 2.03. The number of aryl methyl sites for hydroxylation is 1. The van der Waals surface area contributed by atoms with Crippen LogP contribution in [-0.2, 0) is 0 Å². The largest absolute Gasteiger partial charge is 0.276 e. The van der Waals surface area contributed by atoms with Gasteiger partial charge in [-0.1, -0.05) is 0 Å². The van der Waals surface area contributed by atoms with E-state index in [9.17, 15) is 0 Å². The van der Waals surface area contributed by atoms with E-state index in [1.165, 1.54) is 0 Å². The average molecular weight is 212 g/mol. The molecular weight excluding hydrogens is 206 g/mol. The van der Waals surface area contributed by atoms with Gasteiger partial charge in [0.1, 0.15) is 10.1 Å². The number of H-pyrrole nitrogens is 1. The summed E-state index contributed by atoms with van der Waals surface area (Å²) >= 11 is 3.30. The molecule has 0 aliphatic rings. The van der Waals surface area contributed by atoms with Crippen molar-refractivity contribution in [1.82, 2.24) is 15.2 Å². The molecule has 56 valence electrons. The molecule has 0 fully saturated rings. The maximum Gasteiger partial charge on any atom is 0.112 e. The number of pyridine rings is 1. The van der Waals surface area contributed by atoms with Crippen LogP contribution in [0, 0.1) is 6.92 Å². The molecule has 2 aromatic rings. The molecule has 2 rings (SSSR count). The van der Waals surface area contributed by atoms with Gasteiger partial charge in [0.2, 0.25) is 0 Å². The van der Waals surface area contributed by atoms with Crippen molar-refractivity contribution >= 4 is 27.0 Å². The summed E-state index contributed by atoms with van der Waals surface area (Å²) in [5.41, 5.74) is 2.84. The maximum atomic E-state index is 4.26. The van der Waals surface area contributed by atoms with Crippen molar-refractivity contribution in [2.75, 3.05) is 0 Å². The Morgan fingerprint density at radius 2 is 2.27 bits per heavy atom. The lowest BCUT2D eigenvalue weighted by Gasteiger charge is -1.89. The van der Waals surface area contributed by atoms with E-state index in [2.05, 4.69) is 31.1 Å². The average Bonchev–Trinajstić information content (AvgIpc) is 2.33. The first kappa shape index (κ1) is 6.79. The first-order valence-corrected chi connectivity index (χ1v) is 4.04. The summed E-state index contributed by atoms with van der Waals surface area (Å²) in [6.45, 7) is 1.93. The fraction of sp³-hybridized carbons (Fsp3) is 0.143. The predicted molar refractivity (Wildman–Crippen MR) is 46.3 cm³/mol. The molecule has 0 aliphatic heterocycles. The molecule has 0 spiro atoms. The van der Waals surface area contributed by atoms with E-state index in [1.807, 2.05) is 19.1 Å². The van der Waals surface area contributed by atoms with Crippen molar-refractivity contribution < 1.29 is 0 Å². The summed E-state index contributed by atoms with van der Waals surface area (Å²) in [6.07, 6.45) is 0. The summed E-state index contributed by atoms with van der Waals surface area (Å²) in [5.74, 6) is 0. The first-order chi connectivity index (χ1) is 5.27. The summed E-state index contributed by atoms with van der Waals surface area (Å²) < 4.78 is 0.842. The van der Waals surface area contributed by atoms with Gasteiger partial charge in [0.25, 0.3) is 0 Å². The molecule has 3 nitrogen and oxygen atoms in total. The highest BCUT2D eigenvalue weighted by molar-refractivity contribution is 9.10. The topological polar surface area (TPSA) is 41.6 Å². The van der Waals surface area contributed by atoms with E-state index in [0.29, 0.717) is 0 Å². The fourth-order valence-corrected chi connectivity index (χ4v) is 1.31. The molecule has 0 bridgehead atoms. The Labute approximate surface area is 72.0 Å². The van der Waals surface area contributed by atoms with E-state index in [1.54, 1.807) is 0 Å². The van der Waals surface area contributed by atoms with Gasteiger partial charge in [-0.05, 0) is 35.0 Å². The molecule has 0 aromatic carbocycles. The van der Waals surface area contributed by atoms with Gasteiger partial charge in [-0.2, -0.15) is 5.10 Å². The standard InChI is InChI=1S/C7H6BrN3/c1-4-7-5(11-10-4)2-3-6(8)9-7/h2-3H,1H3,(H,10,11). The second-order valence-corrected chi connectivity index (χ2v) is 3.15. The minimum absolute atomic E-state index is 0.842. The zero-order chi connectivity index (χ0) is 7.84. The highest BCUT2D eigenvalue weighted by Crippen LogP contribution is 2.15. The Hall–Kier alpha value is -0.900. The molecule has 4 heteroatoms. The van der Waals surface area contributed by atoms with Gasteiger partial charge in [-0.25, -0.2) is 4.98 Å². The van der Waals surface area contributed by atoms with Crippen LogP contribution in [0.5, 0.6) is 0 Å². The van der Waals surface area contributed by atoms with Crippen LogP contribution in [0.1, 0.15) is 5.69 Å². The zero-order valence-electron chi connectivity index (χ0n) is 5.93. The Morgan fingerprint density at radius 3 is 3.09 bits per heavy atom. The second-order valence-electron chi connectivity index (χ2n) is 2.34. The molecule has 0 saturated heterocycles. The molecule has 0 atom stereocenters. The van der Waals surface area contributed by atoms with Crippen LogP contribution < -0.4 is 0 Å². The number of nitrogens with zero attached hydrogens (tertiary/aromatic N) is 2. The van der Waals surface area contributed by atoms with Gasteiger partial charge in [-0.15, -0.1) is 0 Å². The van der Waals surface area contributed by atoms with Gasteiger partial charge in [0.15, 0.2) is 0 Å². The van der Waals surface area contributed by atoms with Crippen molar-refractivity contribution in [3.63, 3.8) is 0 Å². The summed E-state index contributed by atoms with van der Waals surface area (Å²) in [7, 11) is 0. The van der Waals surface area contributed by atoms with Crippen LogP contribution in [0.25, 0.3) is 11.0 Å². The monoisotopic (exact) mass is 211 g/mol. The van der Waals surface area contributed by atoms with E-state index < -0.39 is 0 Å². The normalized spacial score (nSPS) is 10.7. The lowest BCUT2D eigenvalue weighted by atomic mass is 10.3. The third kappa shape index (κ3) is 1.03. The molecule has 0 amide bonds. The first-order valence-electron chi connectivity index (χ1n) is 3.24. The van der Waals surface area contributed by atoms with Crippen LogP contribution in [0.4, 0.5) is 0 Å². The van der Waals surface area contributed by atoms with E-state index >= 15 is 0 Å². The van der Waals surface area contributed by atoms with Gasteiger partial charge in [0, 0.05) is 0 Å². The van der Waals surface area contributed by atoms with Crippen LogP contribution in [0.15, 0.2) is 16.7 Å². The zero-order valence-corrected chi connectivity index (χ0v) is 7.51. The maximum absolute atomic E-state index is 4.26. The Kier molecular flexibility index (Phi) is 1.42. The highest BCUT2D eigenvalue weighted by atomic mass is 79.9. The smallest absolute Gasteiger partial charge is 0.112 e. The van der Waals surface area contributed by atoms with Gasteiger partial charge in [-0.3, -0.25) is 5.10 Å². The molecule has 2 heterocycles. The number of aromatic nitrogens is 3. The Balaban J connectivity index is 2.87. The summed E-state index contributed by atoms with van der Waals surface area (Å²) in [5, 5.41) is 6.91. The quantitative estimate of drug-likeness (QED) is 0.678. The third-order valence-electron chi connectivity index (χ3n) is 1.55. The molecule has 2 aromatic heterocycles. The Bertz CT molecular complexity index is 393. The number of hydrogen-bond acceptors (Lipinski definition) is 2. The lowest BCUT2D eigenvalue weighted by molar-refractivity contribution is 1.07. The van der Waals surface area contributed by atoms with Crippen LogP contribution >= 0.6 is 15.9 Å². The van der Waals surface area contributed by atoms with Gasteiger partial charge in [0.05, 0.1) is 11.2 Å². The lowest BCUT2D eigenvalue weighted by Crippen LogP contribution is -1.77. The second kappa shape index (κ2) is 2.30. The van der Waals surface area contributed by atoms with Crippen LogP contribution in [-0.4, -0.2) is 15.2 Å². The Morgan fingerprint density at radius 1 is 1.45 bits per heavy atom. The van der Waals surface area contributed by atoms with Gasteiger partial charge >= 0.3 is 0 Å². The van der Waals surface area contributed by atoms with E-state index in [4.69, 9.17) is 0 Å². The van der Waals surface area contributed by atoms with Crippen molar-refractivity contribution in [3.05, 3.63) is 22.4 Å². The van der Waals surface area contributed by atoms with Crippen molar-refractivity contribution in [3.8, 4) is 0 Å². The number of fused-ring (bicyclic) bond motifs is 1. The van der Waals surface area contributed by atoms with Crippen molar-refractivity contribution in [2.24, 2.45) is 0 Å². The summed E-state index contributed by atoms with van der Waals surface area (Å²) in [6, 6.07) is 3.84. The van der Waals surface area contributed by atoms with Crippen molar-refractivity contribution in [1.29, 1.82) is 0 Å². The minimum atomic E-state index is 0.842. The number of rotatable bonds is 0. The molecule has 0 unspecified atom stereocenters. The molecule has 0 aliphatic carbocycles. The fourth-order valence-electron chi connectivity index (χ4n) is 0.998. The molecule has 0 radical (unpaired) electrons. The highest BCUT2D eigenvalue weighted by Gasteiger charge is 2.01. The number of halogens is 1.